The molecule has 0 bridgehead atoms. The fraction of sp³-hybridized carbons (Fsp3) is 0.222. The van der Waals surface area contributed by atoms with Gasteiger partial charge in [-0.2, -0.15) is 5.26 Å². The number of nitrogens with zero attached hydrogens (tertiary/aromatic N) is 4. The van der Waals surface area contributed by atoms with E-state index in [1.54, 1.807) is 31.1 Å². The minimum atomic E-state index is -0.252. The normalized spacial score (nSPS) is 10.5. The Morgan fingerprint density at radius 1 is 1.40 bits per heavy atom. The molecule has 0 radical (unpaired) electrons. The molecular formula is C18H17N5O2. The van der Waals surface area contributed by atoms with Gasteiger partial charge in [-0.15, -0.1) is 0 Å². The first-order chi connectivity index (χ1) is 12.0. The van der Waals surface area contributed by atoms with Gasteiger partial charge in [0.25, 0.3) is 0 Å². The Bertz CT molecular complexity index is 987. The molecule has 2 heterocycles. The maximum Gasteiger partial charge on any atom is 0.245 e. The van der Waals surface area contributed by atoms with Crippen LogP contribution in [0.3, 0.4) is 0 Å². The van der Waals surface area contributed by atoms with Crippen LogP contribution in [0.25, 0.3) is 10.9 Å². The first-order valence-corrected chi connectivity index (χ1v) is 7.72. The zero-order valence-corrected chi connectivity index (χ0v) is 14.2. The van der Waals surface area contributed by atoms with Gasteiger partial charge < -0.3 is 14.7 Å². The number of nitriles is 1. The highest BCUT2D eigenvalue weighted by atomic mass is 16.5. The van der Waals surface area contributed by atoms with Crippen molar-refractivity contribution in [1.82, 2.24) is 10.1 Å². The number of aromatic nitrogens is 2. The Kier molecular flexibility index (Phi) is 4.35. The van der Waals surface area contributed by atoms with Crippen LogP contribution in [-0.2, 0) is 4.79 Å². The molecule has 0 atom stereocenters. The summed E-state index contributed by atoms with van der Waals surface area (Å²) in [6.07, 6.45) is 1.54. The molecule has 0 saturated carbocycles. The molecule has 3 aromatic rings. The highest BCUT2D eigenvalue weighted by Crippen LogP contribution is 2.30. The number of para-hydroxylation sites is 1. The zero-order valence-electron chi connectivity index (χ0n) is 14.2. The summed E-state index contributed by atoms with van der Waals surface area (Å²) in [7, 11) is 1.77. The minimum absolute atomic E-state index is 0.0631. The molecule has 0 saturated heterocycles. The van der Waals surface area contributed by atoms with Gasteiger partial charge in [0.15, 0.2) is 5.82 Å². The van der Waals surface area contributed by atoms with Gasteiger partial charge in [-0.25, -0.2) is 0 Å². The topological polar surface area (TPSA) is 95.1 Å². The van der Waals surface area contributed by atoms with Crippen molar-refractivity contribution in [1.29, 1.82) is 5.26 Å². The van der Waals surface area contributed by atoms with Gasteiger partial charge in [-0.1, -0.05) is 23.4 Å². The van der Waals surface area contributed by atoms with Crippen molar-refractivity contribution in [2.45, 2.75) is 13.8 Å². The molecule has 0 aliphatic heterocycles. The monoisotopic (exact) mass is 335 g/mol. The summed E-state index contributed by atoms with van der Waals surface area (Å²) in [5.41, 5.74) is 2.93. The molecule has 0 spiro atoms. The van der Waals surface area contributed by atoms with Crippen molar-refractivity contribution in [2.24, 2.45) is 0 Å². The Balaban J connectivity index is 1.91. The number of fused-ring (bicyclic) bond motifs is 1. The highest BCUT2D eigenvalue weighted by Gasteiger charge is 2.17. The molecule has 2 aromatic heterocycles. The summed E-state index contributed by atoms with van der Waals surface area (Å²) in [5, 5.41) is 16.7. The van der Waals surface area contributed by atoms with E-state index in [1.165, 1.54) is 0 Å². The van der Waals surface area contributed by atoms with E-state index in [-0.39, 0.29) is 12.5 Å². The molecular weight excluding hydrogens is 318 g/mol. The average Bonchev–Trinajstić information content (AvgIpc) is 2.98. The van der Waals surface area contributed by atoms with E-state index < -0.39 is 0 Å². The largest absolute Gasteiger partial charge is 0.364 e. The first kappa shape index (κ1) is 16.5. The van der Waals surface area contributed by atoms with Crippen molar-refractivity contribution in [3.8, 4) is 6.07 Å². The number of pyridine rings is 1. The number of carbonyl (C=O) groups is 1. The summed E-state index contributed by atoms with van der Waals surface area (Å²) in [4.78, 5) is 18.4. The molecule has 1 amide bonds. The van der Waals surface area contributed by atoms with Crippen molar-refractivity contribution in [3.63, 3.8) is 0 Å². The number of likely N-dealkylation sites (N-methyl/N-ethyl adjacent to an activating group) is 1. The number of amides is 1. The van der Waals surface area contributed by atoms with Crippen molar-refractivity contribution in [2.75, 3.05) is 23.8 Å². The van der Waals surface area contributed by atoms with Crippen LogP contribution in [0.5, 0.6) is 0 Å². The number of hydrogen-bond donors (Lipinski definition) is 1. The van der Waals surface area contributed by atoms with Gasteiger partial charge in [0.2, 0.25) is 5.91 Å². The molecule has 0 aliphatic rings. The van der Waals surface area contributed by atoms with Crippen LogP contribution in [0.15, 0.2) is 35.0 Å². The van der Waals surface area contributed by atoms with E-state index in [9.17, 15) is 10.1 Å². The van der Waals surface area contributed by atoms with Gasteiger partial charge in [-0.3, -0.25) is 9.78 Å². The van der Waals surface area contributed by atoms with Gasteiger partial charge >= 0.3 is 0 Å². The molecule has 7 nitrogen and oxygen atoms in total. The molecule has 0 unspecified atom stereocenters. The van der Waals surface area contributed by atoms with Crippen LogP contribution in [0.2, 0.25) is 0 Å². The van der Waals surface area contributed by atoms with E-state index in [0.717, 1.165) is 16.5 Å². The van der Waals surface area contributed by atoms with Gasteiger partial charge in [-0.05, 0) is 19.4 Å². The first-order valence-electron chi connectivity index (χ1n) is 7.72. The summed E-state index contributed by atoms with van der Waals surface area (Å²) < 4.78 is 4.93. The predicted molar refractivity (Wildman–Crippen MR) is 94.3 cm³/mol. The SMILES string of the molecule is Cc1cc(NC(=O)CN(C)c2c(C#N)cnc3c(C)cccc23)no1. The van der Waals surface area contributed by atoms with E-state index in [2.05, 4.69) is 21.5 Å². The second-order valence-electron chi connectivity index (χ2n) is 5.83. The maximum atomic E-state index is 12.3. The zero-order chi connectivity index (χ0) is 18.0. The number of hydrogen-bond acceptors (Lipinski definition) is 6. The van der Waals surface area contributed by atoms with Crippen LogP contribution >= 0.6 is 0 Å². The van der Waals surface area contributed by atoms with Crippen LogP contribution in [0.1, 0.15) is 16.9 Å². The molecule has 1 aromatic carbocycles. The lowest BCUT2D eigenvalue weighted by molar-refractivity contribution is -0.115. The fourth-order valence-electron chi connectivity index (χ4n) is 2.75. The van der Waals surface area contributed by atoms with Gasteiger partial charge in [0, 0.05) is 24.7 Å². The van der Waals surface area contributed by atoms with Crippen LogP contribution in [0.4, 0.5) is 11.5 Å². The number of benzene rings is 1. The summed E-state index contributed by atoms with van der Waals surface area (Å²) in [5.74, 6) is 0.732. The summed E-state index contributed by atoms with van der Waals surface area (Å²) in [6.45, 7) is 3.78. The number of nitrogens with one attached hydrogen (secondary N) is 1. The Labute approximate surface area is 144 Å². The Morgan fingerprint density at radius 2 is 2.20 bits per heavy atom. The Hall–Kier alpha value is -3.40. The highest BCUT2D eigenvalue weighted by molar-refractivity contribution is 5.99. The van der Waals surface area contributed by atoms with Gasteiger partial charge in [0.05, 0.1) is 23.3 Å². The fourth-order valence-corrected chi connectivity index (χ4v) is 2.75. The lowest BCUT2D eigenvalue weighted by Gasteiger charge is -2.21. The quantitative estimate of drug-likeness (QED) is 0.788. The van der Waals surface area contributed by atoms with E-state index in [1.807, 2.05) is 25.1 Å². The third-order valence-electron chi connectivity index (χ3n) is 3.85. The van der Waals surface area contributed by atoms with E-state index >= 15 is 0 Å². The predicted octanol–water partition coefficient (Wildman–Crippen LogP) is 2.79. The maximum absolute atomic E-state index is 12.3. The lowest BCUT2D eigenvalue weighted by atomic mass is 10.1. The summed E-state index contributed by atoms with van der Waals surface area (Å²) in [6, 6.07) is 9.57. The van der Waals surface area contributed by atoms with Crippen LogP contribution in [0, 0.1) is 25.2 Å². The molecule has 126 valence electrons. The third kappa shape index (κ3) is 3.28. The molecule has 0 fully saturated rings. The van der Waals surface area contributed by atoms with Crippen molar-refractivity contribution >= 4 is 28.3 Å². The van der Waals surface area contributed by atoms with Crippen molar-refractivity contribution < 1.29 is 9.32 Å². The molecule has 25 heavy (non-hydrogen) atoms. The Morgan fingerprint density at radius 3 is 2.88 bits per heavy atom. The lowest BCUT2D eigenvalue weighted by Crippen LogP contribution is -2.30. The molecule has 3 rings (SSSR count). The average molecular weight is 335 g/mol. The third-order valence-corrected chi connectivity index (χ3v) is 3.85. The summed E-state index contributed by atoms with van der Waals surface area (Å²) >= 11 is 0. The number of carbonyl (C=O) groups excluding carboxylic acids is 1. The second kappa shape index (κ2) is 6.61. The van der Waals surface area contributed by atoms with Crippen LogP contribution in [-0.4, -0.2) is 29.6 Å². The minimum Gasteiger partial charge on any atom is -0.364 e. The second-order valence-corrected chi connectivity index (χ2v) is 5.83. The van der Waals surface area contributed by atoms with E-state index in [0.29, 0.717) is 22.8 Å². The number of rotatable bonds is 4. The van der Waals surface area contributed by atoms with E-state index in [4.69, 9.17) is 4.52 Å². The molecule has 7 heteroatoms. The number of anilines is 2. The number of aryl methyl sites for hydroxylation is 2. The van der Waals surface area contributed by atoms with Crippen molar-refractivity contribution in [3.05, 3.63) is 47.3 Å². The van der Waals surface area contributed by atoms with Gasteiger partial charge in [0.1, 0.15) is 11.8 Å². The smallest absolute Gasteiger partial charge is 0.245 e. The molecule has 0 aliphatic carbocycles. The molecule has 1 N–H and O–H groups in total. The van der Waals surface area contributed by atoms with Crippen LogP contribution < -0.4 is 10.2 Å². The standard InChI is InChI=1S/C18H17N5O2/c1-11-5-4-6-14-17(11)20-9-13(8-19)18(14)23(3)10-16(24)21-15-7-12(2)25-22-15/h4-7,9H,10H2,1-3H3,(H,21,22,24).